The molecule has 30 heavy (non-hydrogen) atoms. The van der Waals surface area contributed by atoms with Crippen molar-refractivity contribution in [1.82, 2.24) is 15.5 Å². The molecule has 0 unspecified atom stereocenters. The molecular weight excluding hydrogens is 378 g/mol. The number of nitrogens with one attached hydrogen (secondary N) is 2. The molecule has 1 saturated heterocycles. The van der Waals surface area contributed by atoms with Crippen LogP contribution in [0.1, 0.15) is 56.9 Å². The minimum absolute atomic E-state index is 0.0401. The van der Waals surface area contributed by atoms with Gasteiger partial charge in [-0.05, 0) is 37.7 Å². The maximum Gasteiger partial charge on any atom is 0.223 e. The molecule has 2 N–H and O–H groups in total. The van der Waals surface area contributed by atoms with Crippen LogP contribution in [0.2, 0.25) is 0 Å². The van der Waals surface area contributed by atoms with Gasteiger partial charge in [-0.15, -0.1) is 0 Å². The van der Waals surface area contributed by atoms with E-state index in [9.17, 15) is 14.4 Å². The Morgan fingerprint density at radius 1 is 0.800 bits per heavy atom. The zero-order chi connectivity index (χ0) is 21.2. The number of hydrogen-bond donors (Lipinski definition) is 2. The number of likely N-dealkylation sites (tertiary alicyclic amines) is 1. The third kappa shape index (κ3) is 6.85. The van der Waals surface area contributed by atoms with Gasteiger partial charge < -0.3 is 15.5 Å². The quantitative estimate of drug-likeness (QED) is 0.643. The third-order valence-corrected chi connectivity index (χ3v) is 6.39. The molecule has 0 bridgehead atoms. The average Bonchev–Trinajstić information content (AvgIpc) is 2.81. The number of carbonyl (C=O) groups is 3. The number of hydrogen-bond acceptors (Lipinski definition) is 3. The van der Waals surface area contributed by atoms with E-state index in [2.05, 4.69) is 10.6 Å². The molecule has 2 fully saturated rings. The van der Waals surface area contributed by atoms with Crippen LogP contribution in [0, 0.1) is 11.8 Å². The number of amides is 3. The molecule has 0 radical (unpaired) electrons. The van der Waals surface area contributed by atoms with Crippen molar-refractivity contribution in [2.45, 2.75) is 57.8 Å². The largest absolute Gasteiger partial charge is 0.354 e. The Bertz CT molecular complexity index is 693. The molecule has 1 saturated carbocycles. The van der Waals surface area contributed by atoms with Crippen molar-refractivity contribution < 1.29 is 14.4 Å². The van der Waals surface area contributed by atoms with Crippen LogP contribution in [0.25, 0.3) is 0 Å². The smallest absolute Gasteiger partial charge is 0.223 e. The Morgan fingerprint density at radius 3 is 1.97 bits per heavy atom. The van der Waals surface area contributed by atoms with Crippen LogP contribution >= 0.6 is 0 Å². The highest BCUT2D eigenvalue weighted by atomic mass is 16.2. The standard InChI is InChI=1S/C24H35N3O3/c28-22(12-11-19-7-3-1-4-8-19)27-17-13-21(14-18-27)24(30)26-16-15-25-23(29)20-9-5-2-6-10-20/h1,3-4,7-8,20-21H,2,5-6,9-18H2,(H,25,29)(H,26,30). The molecule has 1 aliphatic carbocycles. The van der Waals surface area contributed by atoms with Crippen LogP contribution < -0.4 is 10.6 Å². The fourth-order valence-corrected chi connectivity index (χ4v) is 4.47. The molecule has 164 valence electrons. The first kappa shape index (κ1) is 22.3. The first-order chi connectivity index (χ1) is 14.6. The number of aryl methyl sites for hydroxylation is 1. The van der Waals surface area contributed by atoms with Gasteiger partial charge in [-0.25, -0.2) is 0 Å². The monoisotopic (exact) mass is 413 g/mol. The lowest BCUT2D eigenvalue weighted by molar-refractivity contribution is -0.135. The summed E-state index contributed by atoms with van der Waals surface area (Å²) >= 11 is 0. The highest BCUT2D eigenvalue weighted by molar-refractivity contribution is 5.80. The maximum atomic E-state index is 12.4. The maximum absolute atomic E-state index is 12.4. The summed E-state index contributed by atoms with van der Waals surface area (Å²) in [6.07, 6.45) is 8.17. The van der Waals surface area contributed by atoms with Crippen molar-refractivity contribution in [3.05, 3.63) is 35.9 Å². The van der Waals surface area contributed by atoms with Gasteiger partial charge in [0.15, 0.2) is 0 Å². The van der Waals surface area contributed by atoms with Crippen molar-refractivity contribution in [2.75, 3.05) is 26.2 Å². The Kier molecular flexibility index (Phi) is 8.72. The lowest BCUT2D eigenvalue weighted by Gasteiger charge is -2.31. The van der Waals surface area contributed by atoms with Crippen molar-refractivity contribution >= 4 is 17.7 Å². The van der Waals surface area contributed by atoms with Gasteiger partial charge in [0.2, 0.25) is 17.7 Å². The van der Waals surface area contributed by atoms with E-state index >= 15 is 0 Å². The van der Waals surface area contributed by atoms with Crippen molar-refractivity contribution in [3.8, 4) is 0 Å². The van der Waals surface area contributed by atoms with Crippen molar-refractivity contribution in [1.29, 1.82) is 0 Å². The average molecular weight is 414 g/mol. The molecule has 3 rings (SSSR count). The molecule has 6 heteroatoms. The van der Waals surface area contributed by atoms with Gasteiger partial charge in [0.1, 0.15) is 0 Å². The van der Waals surface area contributed by atoms with Gasteiger partial charge in [-0.2, -0.15) is 0 Å². The first-order valence-corrected chi connectivity index (χ1v) is 11.5. The van der Waals surface area contributed by atoms with Gasteiger partial charge in [-0.3, -0.25) is 14.4 Å². The second-order valence-corrected chi connectivity index (χ2v) is 8.56. The second kappa shape index (κ2) is 11.7. The number of benzene rings is 1. The van der Waals surface area contributed by atoms with E-state index in [1.807, 2.05) is 35.2 Å². The summed E-state index contributed by atoms with van der Waals surface area (Å²) in [6.45, 7) is 2.24. The van der Waals surface area contributed by atoms with Crippen LogP contribution in [0.15, 0.2) is 30.3 Å². The minimum Gasteiger partial charge on any atom is -0.354 e. The molecule has 1 aromatic carbocycles. The molecular formula is C24H35N3O3. The van der Waals surface area contributed by atoms with E-state index in [0.717, 1.165) is 32.1 Å². The van der Waals surface area contributed by atoms with E-state index in [0.29, 0.717) is 45.4 Å². The fraction of sp³-hybridized carbons (Fsp3) is 0.625. The molecule has 3 amide bonds. The van der Waals surface area contributed by atoms with Crippen LogP contribution in [0.5, 0.6) is 0 Å². The first-order valence-electron chi connectivity index (χ1n) is 11.5. The van der Waals surface area contributed by atoms with E-state index in [1.165, 1.54) is 12.0 Å². The lowest BCUT2D eigenvalue weighted by Crippen LogP contribution is -2.44. The van der Waals surface area contributed by atoms with Crippen LogP contribution in [-0.4, -0.2) is 48.8 Å². The normalized spacial score (nSPS) is 18.1. The summed E-state index contributed by atoms with van der Waals surface area (Å²) in [4.78, 5) is 38.9. The molecule has 0 atom stereocenters. The summed E-state index contributed by atoms with van der Waals surface area (Å²) < 4.78 is 0. The highest BCUT2D eigenvalue weighted by Crippen LogP contribution is 2.23. The van der Waals surface area contributed by atoms with Crippen LogP contribution in [-0.2, 0) is 20.8 Å². The van der Waals surface area contributed by atoms with E-state index in [4.69, 9.17) is 0 Å². The number of rotatable bonds is 8. The molecule has 6 nitrogen and oxygen atoms in total. The van der Waals surface area contributed by atoms with Crippen LogP contribution in [0.3, 0.4) is 0 Å². The van der Waals surface area contributed by atoms with E-state index < -0.39 is 0 Å². The molecule has 0 aromatic heterocycles. The fourth-order valence-electron chi connectivity index (χ4n) is 4.47. The Hall–Kier alpha value is -2.37. The van der Waals surface area contributed by atoms with Gasteiger partial charge >= 0.3 is 0 Å². The van der Waals surface area contributed by atoms with Gasteiger partial charge in [-0.1, -0.05) is 49.6 Å². The lowest BCUT2D eigenvalue weighted by atomic mass is 9.89. The summed E-state index contributed by atoms with van der Waals surface area (Å²) in [5.74, 6) is 0.447. The number of piperidine rings is 1. The van der Waals surface area contributed by atoms with Crippen LogP contribution in [0.4, 0.5) is 0 Å². The molecule has 1 heterocycles. The Labute approximate surface area is 179 Å². The van der Waals surface area contributed by atoms with E-state index in [1.54, 1.807) is 0 Å². The molecule has 1 aliphatic heterocycles. The van der Waals surface area contributed by atoms with Gasteiger partial charge in [0.25, 0.3) is 0 Å². The predicted octanol–water partition coefficient (Wildman–Crippen LogP) is 2.67. The minimum atomic E-state index is -0.0442. The second-order valence-electron chi connectivity index (χ2n) is 8.56. The Balaban J connectivity index is 1.28. The number of carbonyl (C=O) groups excluding carboxylic acids is 3. The van der Waals surface area contributed by atoms with Crippen molar-refractivity contribution in [2.24, 2.45) is 11.8 Å². The van der Waals surface area contributed by atoms with Gasteiger partial charge in [0.05, 0.1) is 0 Å². The Morgan fingerprint density at radius 2 is 1.37 bits per heavy atom. The zero-order valence-corrected chi connectivity index (χ0v) is 17.9. The van der Waals surface area contributed by atoms with Gasteiger partial charge in [0, 0.05) is 44.4 Å². The molecule has 0 spiro atoms. The van der Waals surface area contributed by atoms with Crippen molar-refractivity contribution in [3.63, 3.8) is 0 Å². The molecule has 2 aliphatic rings. The summed E-state index contributed by atoms with van der Waals surface area (Å²) in [7, 11) is 0. The predicted molar refractivity (Wildman–Crippen MR) is 117 cm³/mol. The summed E-state index contributed by atoms with van der Waals surface area (Å²) in [6, 6.07) is 10.0. The topological polar surface area (TPSA) is 78.5 Å². The SMILES string of the molecule is O=C(NCCNC(=O)C1CCN(C(=O)CCc2ccccc2)CC1)C1CCCCC1. The third-order valence-electron chi connectivity index (χ3n) is 6.39. The number of nitrogens with zero attached hydrogens (tertiary/aromatic N) is 1. The zero-order valence-electron chi connectivity index (χ0n) is 17.9. The summed E-state index contributed by atoms with van der Waals surface area (Å²) in [5, 5.41) is 5.90. The van der Waals surface area contributed by atoms with E-state index in [-0.39, 0.29) is 29.6 Å². The summed E-state index contributed by atoms with van der Waals surface area (Å²) in [5.41, 5.74) is 1.18. The molecule has 1 aromatic rings. The highest BCUT2D eigenvalue weighted by Gasteiger charge is 2.27.